The number of aryl methyl sites for hydroxylation is 3. The minimum absolute atomic E-state index is 0.00847. The highest BCUT2D eigenvalue weighted by Gasteiger charge is 2.28. The molecule has 1 aromatic heterocycles. The van der Waals surface area contributed by atoms with E-state index in [4.69, 9.17) is 0 Å². The van der Waals surface area contributed by atoms with E-state index in [1.165, 1.54) is 35.1 Å². The van der Waals surface area contributed by atoms with Crippen LogP contribution in [0.2, 0.25) is 0 Å². The molecule has 5 nitrogen and oxygen atoms in total. The molecule has 1 aromatic carbocycles. The number of rotatable bonds is 7. The standard InChI is InChI=1S/C22H32N4O/c1-15(2)24-22(27)26(12-19-6-7-19)14-21-23-8-9-25(21)13-20-17(4)10-16(3)11-18(20)5/h8-11,15,19H,6-7,12-14H2,1-5H3,(H,24,27). The molecule has 0 saturated heterocycles. The van der Waals surface area contributed by atoms with Gasteiger partial charge < -0.3 is 14.8 Å². The van der Waals surface area contributed by atoms with Gasteiger partial charge in [-0.3, -0.25) is 0 Å². The molecule has 1 saturated carbocycles. The fourth-order valence-electron chi connectivity index (χ4n) is 3.61. The van der Waals surface area contributed by atoms with Crippen LogP contribution in [0.3, 0.4) is 0 Å². The molecule has 1 aliphatic rings. The van der Waals surface area contributed by atoms with Crippen LogP contribution in [-0.2, 0) is 13.1 Å². The highest BCUT2D eigenvalue weighted by atomic mass is 16.2. The van der Waals surface area contributed by atoms with E-state index in [2.05, 4.69) is 47.8 Å². The smallest absolute Gasteiger partial charge is 0.318 e. The van der Waals surface area contributed by atoms with Gasteiger partial charge in [0.05, 0.1) is 6.54 Å². The zero-order valence-corrected chi connectivity index (χ0v) is 17.2. The van der Waals surface area contributed by atoms with Crippen molar-refractivity contribution in [3.8, 4) is 0 Å². The molecule has 5 heteroatoms. The summed E-state index contributed by atoms with van der Waals surface area (Å²) in [7, 11) is 0. The van der Waals surface area contributed by atoms with Crippen molar-refractivity contribution in [1.82, 2.24) is 19.8 Å². The van der Waals surface area contributed by atoms with Crippen LogP contribution in [-0.4, -0.2) is 33.1 Å². The lowest BCUT2D eigenvalue weighted by molar-refractivity contribution is 0.187. The van der Waals surface area contributed by atoms with E-state index in [0.29, 0.717) is 12.5 Å². The molecule has 2 amide bonds. The highest BCUT2D eigenvalue weighted by Crippen LogP contribution is 2.30. The number of urea groups is 1. The summed E-state index contributed by atoms with van der Waals surface area (Å²) in [5.74, 6) is 1.59. The molecule has 3 rings (SSSR count). The summed E-state index contributed by atoms with van der Waals surface area (Å²) in [5, 5.41) is 3.03. The Hall–Kier alpha value is -2.30. The number of nitrogens with zero attached hydrogens (tertiary/aromatic N) is 3. The van der Waals surface area contributed by atoms with Crippen LogP contribution in [0.5, 0.6) is 0 Å². The molecule has 0 atom stereocenters. The minimum Gasteiger partial charge on any atom is -0.336 e. The van der Waals surface area contributed by atoms with E-state index in [1.807, 2.05) is 31.1 Å². The third-order valence-corrected chi connectivity index (χ3v) is 5.18. The van der Waals surface area contributed by atoms with Gasteiger partial charge in [-0.1, -0.05) is 17.7 Å². The van der Waals surface area contributed by atoms with Crippen molar-refractivity contribution >= 4 is 6.03 Å². The zero-order valence-electron chi connectivity index (χ0n) is 17.2. The highest BCUT2D eigenvalue weighted by molar-refractivity contribution is 5.74. The van der Waals surface area contributed by atoms with Gasteiger partial charge in [-0.05, 0) is 70.1 Å². The molecule has 0 unspecified atom stereocenters. The first-order valence-corrected chi connectivity index (χ1v) is 9.95. The topological polar surface area (TPSA) is 50.2 Å². The number of carbonyl (C=O) groups is 1. The Morgan fingerprint density at radius 3 is 2.52 bits per heavy atom. The van der Waals surface area contributed by atoms with Gasteiger partial charge in [-0.15, -0.1) is 0 Å². The predicted octanol–water partition coefficient (Wildman–Crippen LogP) is 4.19. The van der Waals surface area contributed by atoms with Crippen LogP contribution in [0.1, 0.15) is 54.8 Å². The number of hydrogen-bond acceptors (Lipinski definition) is 2. The summed E-state index contributed by atoms with van der Waals surface area (Å²) in [6.07, 6.45) is 6.30. The van der Waals surface area contributed by atoms with E-state index in [9.17, 15) is 4.79 Å². The number of amides is 2. The van der Waals surface area contributed by atoms with Crippen LogP contribution < -0.4 is 5.32 Å². The van der Waals surface area contributed by atoms with E-state index in [-0.39, 0.29) is 12.1 Å². The SMILES string of the molecule is Cc1cc(C)c(Cn2ccnc2CN(CC2CC2)C(=O)NC(C)C)c(C)c1. The number of aromatic nitrogens is 2. The second-order valence-electron chi connectivity index (χ2n) is 8.28. The average Bonchev–Trinajstić information content (AvgIpc) is 3.28. The summed E-state index contributed by atoms with van der Waals surface area (Å²) >= 11 is 0. The first-order chi connectivity index (χ1) is 12.8. The monoisotopic (exact) mass is 368 g/mol. The molecule has 1 fully saturated rings. The van der Waals surface area contributed by atoms with Crippen molar-refractivity contribution in [2.75, 3.05) is 6.54 Å². The molecule has 1 aliphatic carbocycles. The number of benzene rings is 1. The first kappa shape index (κ1) is 19.5. The number of hydrogen-bond donors (Lipinski definition) is 1. The Kier molecular flexibility index (Phi) is 5.88. The van der Waals surface area contributed by atoms with Gasteiger partial charge in [-0.25, -0.2) is 9.78 Å². The van der Waals surface area contributed by atoms with Crippen LogP contribution >= 0.6 is 0 Å². The normalized spacial score (nSPS) is 13.9. The summed E-state index contributed by atoms with van der Waals surface area (Å²) in [5.41, 5.74) is 5.24. The maximum Gasteiger partial charge on any atom is 0.318 e. The fraction of sp³-hybridized carbons (Fsp3) is 0.545. The van der Waals surface area contributed by atoms with Gasteiger partial charge in [0.15, 0.2) is 0 Å². The number of nitrogens with one attached hydrogen (secondary N) is 1. The lowest BCUT2D eigenvalue weighted by atomic mass is 10.00. The quantitative estimate of drug-likeness (QED) is 0.797. The first-order valence-electron chi connectivity index (χ1n) is 9.95. The second kappa shape index (κ2) is 8.15. The second-order valence-corrected chi connectivity index (χ2v) is 8.28. The molecular weight excluding hydrogens is 336 g/mol. The van der Waals surface area contributed by atoms with Crippen molar-refractivity contribution < 1.29 is 4.79 Å². The maximum absolute atomic E-state index is 12.6. The van der Waals surface area contributed by atoms with Gasteiger partial charge >= 0.3 is 6.03 Å². The summed E-state index contributed by atoms with van der Waals surface area (Å²) in [6, 6.07) is 4.61. The zero-order chi connectivity index (χ0) is 19.6. The van der Waals surface area contributed by atoms with E-state index in [0.717, 1.165) is 18.9 Å². The van der Waals surface area contributed by atoms with Crippen LogP contribution in [0, 0.1) is 26.7 Å². The van der Waals surface area contributed by atoms with Crippen molar-refractivity contribution in [3.05, 3.63) is 52.6 Å². The Morgan fingerprint density at radius 2 is 1.93 bits per heavy atom. The van der Waals surface area contributed by atoms with Gasteiger partial charge in [-0.2, -0.15) is 0 Å². The Balaban J connectivity index is 1.77. The average molecular weight is 369 g/mol. The molecule has 1 heterocycles. The molecule has 1 N–H and O–H groups in total. The number of imidazole rings is 1. The Labute approximate surface area is 162 Å². The van der Waals surface area contributed by atoms with Gasteiger partial charge in [0.25, 0.3) is 0 Å². The van der Waals surface area contributed by atoms with Crippen molar-refractivity contribution in [3.63, 3.8) is 0 Å². The largest absolute Gasteiger partial charge is 0.336 e. The molecule has 27 heavy (non-hydrogen) atoms. The Morgan fingerprint density at radius 1 is 1.26 bits per heavy atom. The van der Waals surface area contributed by atoms with Gasteiger partial charge in [0, 0.05) is 31.5 Å². The lowest BCUT2D eigenvalue weighted by Crippen LogP contribution is -2.43. The van der Waals surface area contributed by atoms with Gasteiger partial charge in [0.1, 0.15) is 5.82 Å². The Bertz CT molecular complexity index is 781. The summed E-state index contributed by atoms with van der Waals surface area (Å²) in [4.78, 5) is 19.1. The van der Waals surface area contributed by atoms with Gasteiger partial charge in [0.2, 0.25) is 0 Å². The maximum atomic E-state index is 12.6. The van der Waals surface area contributed by atoms with Crippen molar-refractivity contribution in [2.45, 2.75) is 66.6 Å². The van der Waals surface area contributed by atoms with Crippen LogP contribution in [0.25, 0.3) is 0 Å². The van der Waals surface area contributed by atoms with E-state index in [1.54, 1.807) is 0 Å². The van der Waals surface area contributed by atoms with Crippen molar-refractivity contribution in [2.24, 2.45) is 5.92 Å². The summed E-state index contributed by atoms with van der Waals surface area (Å²) < 4.78 is 2.17. The van der Waals surface area contributed by atoms with Crippen LogP contribution in [0.15, 0.2) is 24.5 Å². The third-order valence-electron chi connectivity index (χ3n) is 5.18. The molecule has 0 bridgehead atoms. The van der Waals surface area contributed by atoms with Crippen molar-refractivity contribution in [1.29, 1.82) is 0 Å². The van der Waals surface area contributed by atoms with Crippen LogP contribution in [0.4, 0.5) is 4.79 Å². The molecule has 0 radical (unpaired) electrons. The summed E-state index contributed by atoms with van der Waals surface area (Å²) in [6.45, 7) is 12.6. The third kappa shape index (κ3) is 5.12. The molecule has 2 aromatic rings. The molecule has 146 valence electrons. The molecule has 0 aliphatic heterocycles. The van der Waals surface area contributed by atoms with E-state index >= 15 is 0 Å². The van der Waals surface area contributed by atoms with E-state index < -0.39 is 0 Å². The predicted molar refractivity (Wildman–Crippen MR) is 109 cm³/mol. The fourth-order valence-corrected chi connectivity index (χ4v) is 3.61. The molecular formula is C22H32N4O. The minimum atomic E-state index is 0.00847. The number of carbonyl (C=O) groups excluding carboxylic acids is 1. The molecule has 0 spiro atoms. The lowest BCUT2D eigenvalue weighted by Gasteiger charge is -2.24.